The topological polar surface area (TPSA) is 117 Å². The number of halogens is 2. The Morgan fingerprint density at radius 2 is 1.39 bits per heavy atom. The minimum Gasteiger partial charge on any atom is -0.506 e. The smallest absolute Gasteiger partial charge is 0.159 e. The molecule has 0 spiro atoms. The zero-order chi connectivity index (χ0) is 24.6. The molecular formula is C24H23Cl2N9O. The number of benzene rings is 1. The van der Waals surface area contributed by atoms with Gasteiger partial charge in [0.2, 0.25) is 0 Å². The molecule has 2 saturated carbocycles. The highest BCUT2D eigenvalue weighted by Gasteiger charge is 2.23. The van der Waals surface area contributed by atoms with E-state index in [1.54, 1.807) is 45.7 Å². The zero-order valence-electron chi connectivity index (χ0n) is 19.1. The average Bonchev–Trinajstić information content (AvgIpc) is 3.74. The Labute approximate surface area is 216 Å². The van der Waals surface area contributed by atoms with E-state index < -0.39 is 0 Å². The molecule has 36 heavy (non-hydrogen) atoms. The van der Waals surface area contributed by atoms with Crippen molar-refractivity contribution >= 4 is 57.6 Å². The largest absolute Gasteiger partial charge is 0.506 e. The Kier molecular flexibility index (Phi) is 5.90. The van der Waals surface area contributed by atoms with Gasteiger partial charge in [-0.15, -0.1) is 0 Å². The number of nitrogens with zero attached hydrogens (tertiary/aromatic N) is 6. The van der Waals surface area contributed by atoms with Gasteiger partial charge in [0.25, 0.3) is 0 Å². The molecular weight excluding hydrogens is 501 g/mol. The van der Waals surface area contributed by atoms with Gasteiger partial charge in [-0.25, -0.2) is 9.97 Å². The predicted molar refractivity (Wildman–Crippen MR) is 141 cm³/mol. The molecule has 2 aliphatic rings. The second-order valence-electron chi connectivity index (χ2n) is 8.82. The van der Waals surface area contributed by atoms with Crippen LogP contribution in [0.1, 0.15) is 25.7 Å². The lowest BCUT2D eigenvalue weighted by molar-refractivity contribution is 0.475. The maximum Gasteiger partial charge on any atom is 0.159 e. The Morgan fingerprint density at radius 3 is 2.00 bits per heavy atom. The molecule has 2 fully saturated rings. The van der Waals surface area contributed by atoms with Crippen LogP contribution in [0.25, 0.3) is 11.3 Å². The number of phenols is 1. The van der Waals surface area contributed by atoms with Crippen molar-refractivity contribution in [2.75, 3.05) is 16.0 Å². The molecule has 0 aliphatic heterocycles. The van der Waals surface area contributed by atoms with E-state index in [1.807, 2.05) is 18.2 Å². The quantitative estimate of drug-likeness (QED) is 0.173. The van der Waals surface area contributed by atoms with Gasteiger partial charge in [0, 0.05) is 42.0 Å². The van der Waals surface area contributed by atoms with Gasteiger partial charge in [-0.1, -0.05) is 23.2 Å². The van der Waals surface area contributed by atoms with E-state index >= 15 is 0 Å². The molecule has 0 radical (unpaired) electrons. The molecule has 5 aromatic rings. The number of rotatable bonds is 6. The summed E-state index contributed by atoms with van der Waals surface area (Å²) < 4.78 is 3.55. The molecule has 0 unspecified atom stereocenters. The van der Waals surface area contributed by atoms with E-state index in [1.165, 1.54) is 25.7 Å². The zero-order valence-corrected chi connectivity index (χ0v) is 20.6. The summed E-state index contributed by atoms with van der Waals surface area (Å²) in [5.41, 5.74) is 2.30. The molecule has 7 rings (SSSR count). The molecule has 0 bridgehead atoms. The summed E-state index contributed by atoms with van der Waals surface area (Å²) in [6, 6.07) is 13.5. The van der Waals surface area contributed by atoms with E-state index in [9.17, 15) is 5.11 Å². The third-order valence-corrected chi connectivity index (χ3v) is 6.26. The van der Waals surface area contributed by atoms with Gasteiger partial charge in [-0.2, -0.15) is 19.2 Å². The number of hydrogen-bond donors (Lipinski definition) is 4. The maximum absolute atomic E-state index is 9.48. The van der Waals surface area contributed by atoms with Gasteiger partial charge in [0.15, 0.2) is 11.3 Å². The summed E-state index contributed by atoms with van der Waals surface area (Å²) in [7, 11) is 0. The molecule has 12 heteroatoms. The molecule has 4 heterocycles. The molecule has 4 aromatic heterocycles. The highest BCUT2D eigenvalue weighted by molar-refractivity contribution is 6.32. The Bertz CT molecular complexity index is 1540. The fourth-order valence-corrected chi connectivity index (χ4v) is 4.04. The van der Waals surface area contributed by atoms with Crippen molar-refractivity contribution in [3.05, 3.63) is 65.0 Å². The molecule has 10 nitrogen and oxygen atoms in total. The van der Waals surface area contributed by atoms with Crippen LogP contribution in [0.4, 0.5) is 23.1 Å². The van der Waals surface area contributed by atoms with E-state index in [-0.39, 0.29) is 5.75 Å². The fraction of sp³-hybridized carbons (Fsp3) is 0.250. The first kappa shape index (κ1) is 22.7. The first-order chi connectivity index (χ1) is 17.5. The molecule has 2 aliphatic carbocycles. The molecule has 4 N–H and O–H groups in total. The SMILES string of the molecule is Clc1cc(NC2CC2)n2nccc2n1.Oc1ccc(Nc2cc(NC3CC3)n3nccc3n2)cc1Cl. The molecule has 1 aromatic carbocycles. The third-order valence-electron chi connectivity index (χ3n) is 5.77. The van der Waals surface area contributed by atoms with Crippen molar-refractivity contribution in [2.45, 2.75) is 37.8 Å². The van der Waals surface area contributed by atoms with E-state index in [4.69, 9.17) is 23.2 Å². The van der Waals surface area contributed by atoms with E-state index in [0.29, 0.717) is 28.1 Å². The molecule has 0 saturated heterocycles. The van der Waals surface area contributed by atoms with Crippen LogP contribution in [0.15, 0.2) is 54.9 Å². The molecule has 0 atom stereocenters. The van der Waals surface area contributed by atoms with Gasteiger partial charge < -0.3 is 21.1 Å². The minimum absolute atomic E-state index is 0.0579. The van der Waals surface area contributed by atoms with Crippen LogP contribution in [0.3, 0.4) is 0 Å². The normalized spacial score (nSPS) is 14.9. The number of phenolic OH excluding ortho intramolecular Hbond substituents is 1. The standard InChI is InChI=1S/C15H14ClN5O.C9H9ClN4/c16-11-7-10(3-4-12(11)22)18-13-8-15(19-9-1-2-9)21-14(20-13)5-6-17-21;10-7-5-9(12-6-1-2-6)14-8(13-7)3-4-11-14/h3-9,19,22H,1-2H2,(H,18,20);3-6,12H,1-2H2. The Morgan fingerprint density at radius 1 is 0.778 bits per heavy atom. The molecule has 184 valence electrons. The minimum atomic E-state index is 0.0579. The lowest BCUT2D eigenvalue weighted by Gasteiger charge is -2.11. The predicted octanol–water partition coefficient (Wildman–Crippen LogP) is 5.36. The van der Waals surface area contributed by atoms with Crippen LogP contribution in [0.5, 0.6) is 5.75 Å². The number of aromatic hydroxyl groups is 1. The van der Waals surface area contributed by atoms with Crippen molar-refractivity contribution in [1.29, 1.82) is 0 Å². The summed E-state index contributed by atoms with van der Waals surface area (Å²) in [6.45, 7) is 0. The van der Waals surface area contributed by atoms with Gasteiger partial charge in [-0.3, -0.25) is 0 Å². The summed E-state index contributed by atoms with van der Waals surface area (Å²) in [4.78, 5) is 8.66. The van der Waals surface area contributed by atoms with Gasteiger partial charge in [0.05, 0.1) is 17.4 Å². The fourth-order valence-electron chi connectivity index (χ4n) is 3.67. The number of nitrogens with one attached hydrogen (secondary N) is 3. The number of anilines is 4. The Hall–Kier alpha value is -3.76. The monoisotopic (exact) mass is 523 g/mol. The van der Waals surface area contributed by atoms with E-state index in [0.717, 1.165) is 28.6 Å². The van der Waals surface area contributed by atoms with Gasteiger partial charge >= 0.3 is 0 Å². The second-order valence-corrected chi connectivity index (χ2v) is 9.62. The van der Waals surface area contributed by atoms with Crippen molar-refractivity contribution < 1.29 is 5.11 Å². The maximum atomic E-state index is 9.48. The van der Waals surface area contributed by atoms with E-state index in [2.05, 4.69) is 36.1 Å². The summed E-state index contributed by atoms with van der Waals surface area (Å²) >= 11 is 11.8. The average molecular weight is 524 g/mol. The molecule has 0 amide bonds. The number of fused-ring (bicyclic) bond motifs is 2. The van der Waals surface area contributed by atoms with Crippen LogP contribution in [-0.2, 0) is 0 Å². The van der Waals surface area contributed by atoms with Gasteiger partial charge in [-0.05, 0) is 43.9 Å². The third kappa shape index (κ3) is 5.09. The highest BCUT2D eigenvalue weighted by Crippen LogP contribution is 2.30. The lowest BCUT2D eigenvalue weighted by Crippen LogP contribution is -2.08. The Balaban J connectivity index is 0.000000147. The van der Waals surface area contributed by atoms with Crippen molar-refractivity contribution in [3.8, 4) is 5.75 Å². The summed E-state index contributed by atoms with van der Waals surface area (Å²) in [5, 5.41) is 28.7. The lowest BCUT2D eigenvalue weighted by atomic mass is 10.3. The van der Waals surface area contributed by atoms with Crippen LogP contribution < -0.4 is 16.0 Å². The van der Waals surface area contributed by atoms with Crippen molar-refractivity contribution in [1.82, 2.24) is 29.2 Å². The van der Waals surface area contributed by atoms with Crippen LogP contribution in [0.2, 0.25) is 10.2 Å². The van der Waals surface area contributed by atoms with Gasteiger partial charge in [0.1, 0.15) is 28.4 Å². The second kappa shape index (κ2) is 9.36. The number of aromatic nitrogens is 6. The van der Waals surface area contributed by atoms with Crippen LogP contribution in [0, 0.1) is 0 Å². The number of hydrogen-bond acceptors (Lipinski definition) is 8. The first-order valence-electron chi connectivity index (χ1n) is 11.7. The van der Waals surface area contributed by atoms with Crippen molar-refractivity contribution in [3.63, 3.8) is 0 Å². The highest BCUT2D eigenvalue weighted by atomic mass is 35.5. The van der Waals surface area contributed by atoms with Crippen LogP contribution in [-0.4, -0.2) is 46.4 Å². The van der Waals surface area contributed by atoms with Crippen molar-refractivity contribution in [2.24, 2.45) is 0 Å². The van der Waals surface area contributed by atoms with Crippen LogP contribution >= 0.6 is 23.2 Å². The first-order valence-corrected chi connectivity index (χ1v) is 12.4. The summed E-state index contributed by atoms with van der Waals surface area (Å²) in [6.07, 6.45) is 8.26. The summed E-state index contributed by atoms with van der Waals surface area (Å²) in [5.74, 6) is 2.58.